The molecule has 2 aromatic heterocycles. The summed E-state index contributed by atoms with van der Waals surface area (Å²) < 4.78 is 37.1. The van der Waals surface area contributed by atoms with Gasteiger partial charge in [0.25, 0.3) is 11.8 Å². The van der Waals surface area contributed by atoms with Gasteiger partial charge in [0, 0.05) is 48.4 Å². The lowest BCUT2D eigenvalue weighted by atomic mass is 9.96. The predicted octanol–water partition coefficient (Wildman–Crippen LogP) is 8.66. The van der Waals surface area contributed by atoms with Crippen molar-refractivity contribution in [1.82, 2.24) is 30.1 Å². The molecule has 2 atom stereocenters. The first kappa shape index (κ1) is 37.3. The van der Waals surface area contributed by atoms with Crippen molar-refractivity contribution in [1.29, 1.82) is 0 Å². The summed E-state index contributed by atoms with van der Waals surface area (Å²) in [5.74, 6) is 1.43. The second-order valence-electron chi connectivity index (χ2n) is 13.9. The molecule has 0 saturated carbocycles. The lowest BCUT2D eigenvalue weighted by Gasteiger charge is -2.31. The Morgan fingerprint density at radius 1 is 0.655 bits per heavy atom. The van der Waals surface area contributed by atoms with E-state index >= 15 is 0 Å². The van der Waals surface area contributed by atoms with E-state index in [0.717, 1.165) is 67.4 Å². The molecule has 55 heavy (non-hydrogen) atoms. The van der Waals surface area contributed by atoms with Crippen LogP contribution in [0, 0.1) is 18.6 Å². The number of aryl methyl sites for hydroxylation is 2. The molecule has 4 aromatic carbocycles. The van der Waals surface area contributed by atoms with Crippen LogP contribution in [-0.4, -0.2) is 68.1 Å². The van der Waals surface area contributed by atoms with E-state index in [0.29, 0.717) is 47.6 Å². The molecule has 0 bridgehead atoms. The van der Waals surface area contributed by atoms with Crippen molar-refractivity contribution >= 4 is 11.8 Å². The lowest BCUT2D eigenvalue weighted by molar-refractivity contribution is 0.0687. The van der Waals surface area contributed by atoms with Gasteiger partial charge < -0.3 is 18.8 Å². The monoisotopic (exact) mass is 744 g/mol. The maximum absolute atomic E-state index is 13.1. The molecular formula is C43H42F2N6O4. The van der Waals surface area contributed by atoms with E-state index in [-0.39, 0.29) is 35.3 Å². The lowest BCUT2D eigenvalue weighted by Crippen LogP contribution is -2.39. The SMILES string of the molecule is CCc1ccccc1C(=O)N1CCCC(c2nc(-c3ccc(F)cc3)no2)C1.Cc1ccccc1C(=O)N1CCC[C@H](c2nc(-c3ccc(F)cc3)no2)C1. The Hall–Kier alpha value is -6.04. The normalized spacial score (nSPS) is 17.0. The van der Waals surface area contributed by atoms with Gasteiger partial charge in [-0.15, -0.1) is 0 Å². The highest BCUT2D eigenvalue weighted by Gasteiger charge is 2.31. The number of amides is 2. The predicted molar refractivity (Wildman–Crippen MR) is 202 cm³/mol. The number of likely N-dealkylation sites (tertiary alicyclic amines) is 2. The van der Waals surface area contributed by atoms with Crippen LogP contribution >= 0.6 is 0 Å². The number of nitrogens with zero attached hydrogens (tertiary/aromatic N) is 6. The summed E-state index contributed by atoms with van der Waals surface area (Å²) in [5.41, 5.74) is 4.94. The number of halogens is 2. The Balaban J connectivity index is 0.000000169. The van der Waals surface area contributed by atoms with Crippen LogP contribution in [-0.2, 0) is 6.42 Å². The Morgan fingerprint density at radius 3 is 1.60 bits per heavy atom. The molecule has 2 amide bonds. The van der Waals surface area contributed by atoms with E-state index in [2.05, 4.69) is 27.2 Å². The Bertz CT molecular complexity index is 2240. The number of aromatic nitrogens is 4. The molecule has 10 nitrogen and oxygen atoms in total. The van der Waals surface area contributed by atoms with Crippen molar-refractivity contribution in [2.24, 2.45) is 0 Å². The van der Waals surface area contributed by atoms with Crippen LogP contribution in [0.15, 0.2) is 106 Å². The Morgan fingerprint density at radius 2 is 1.11 bits per heavy atom. The van der Waals surface area contributed by atoms with Crippen LogP contribution in [0.3, 0.4) is 0 Å². The maximum Gasteiger partial charge on any atom is 0.254 e. The summed E-state index contributed by atoms with van der Waals surface area (Å²) in [6, 6.07) is 27.4. The average molecular weight is 745 g/mol. The topological polar surface area (TPSA) is 118 Å². The van der Waals surface area contributed by atoms with Crippen molar-refractivity contribution in [2.75, 3.05) is 26.2 Å². The fourth-order valence-electron chi connectivity index (χ4n) is 7.15. The van der Waals surface area contributed by atoms with E-state index in [1.54, 1.807) is 24.3 Å². The van der Waals surface area contributed by atoms with Gasteiger partial charge in [-0.2, -0.15) is 9.97 Å². The molecule has 2 aliphatic rings. The maximum atomic E-state index is 13.1. The smallest absolute Gasteiger partial charge is 0.254 e. The zero-order chi connectivity index (χ0) is 38.3. The average Bonchev–Trinajstić information content (AvgIpc) is 3.93. The molecule has 0 spiro atoms. The molecule has 1 unspecified atom stereocenters. The molecule has 8 rings (SSSR count). The van der Waals surface area contributed by atoms with Crippen molar-refractivity contribution in [3.8, 4) is 22.8 Å². The fraction of sp³-hybridized carbons (Fsp3) is 0.302. The Labute approximate surface area is 318 Å². The molecule has 2 fully saturated rings. The minimum absolute atomic E-state index is 0.00758. The summed E-state index contributed by atoms with van der Waals surface area (Å²) >= 11 is 0. The molecule has 0 aliphatic carbocycles. The second-order valence-corrected chi connectivity index (χ2v) is 13.9. The van der Waals surface area contributed by atoms with Gasteiger partial charge in [-0.3, -0.25) is 9.59 Å². The zero-order valence-corrected chi connectivity index (χ0v) is 30.8. The van der Waals surface area contributed by atoms with Crippen LogP contribution < -0.4 is 0 Å². The van der Waals surface area contributed by atoms with Crippen LogP contribution in [0.1, 0.15) is 88.1 Å². The van der Waals surface area contributed by atoms with Crippen molar-refractivity contribution in [3.05, 3.63) is 143 Å². The quantitative estimate of drug-likeness (QED) is 0.159. The summed E-state index contributed by atoms with van der Waals surface area (Å²) in [5, 5.41) is 8.06. The molecule has 282 valence electrons. The van der Waals surface area contributed by atoms with Crippen LogP contribution in [0.5, 0.6) is 0 Å². The third-order valence-corrected chi connectivity index (χ3v) is 10.2. The molecule has 0 N–H and O–H groups in total. The van der Waals surface area contributed by atoms with E-state index in [1.807, 2.05) is 65.3 Å². The van der Waals surface area contributed by atoms with Crippen molar-refractivity contribution < 1.29 is 27.4 Å². The molecule has 4 heterocycles. The number of benzene rings is 4. The van der Waals surface area contributed by atoms with Gasteiger partial charge in [-0.05, 0) is 111 Å². The first-order valence-electron chi connectivity index (χ1n) is 18.7. The minimum atomic E-state index is -0.305. The Kier molecular flexibility index (Phi) is 11.5. The van der Waals surface area contributed by atoms with Crippen LogP contribution in [0.2, 0.25) is 0 Å². The standard InChI is InChI=1S/C22H22FN3O2.C21H20FN3O2/c1-2-15-6-3-4-8-19(15)22(27)26-13-5-7-17(14-26)21-24-20(25-28-21)16-9-11-18(23)12-10-16;1-14-5-2-3-7-18(14)21(26)25-12-4-6-16(13-25)20-23-19(24-27-20)15-8-10-17(22)11-9-15/h3-4,6,8-12,17H,2,5,7,13-14H2,1H3;2-3,5,7-11,16H,4,6,12-13H2,1H3/t;16-/m.0/s1. The molecule has 0 radical (unpaired) electrons. The summed E-state index contributed by atoms with van der Waals surface area (Å²) in [4.78, 5) is 38.6. The van der Waals surface area contributed by atoms with E-state index < -0.39 is 0 Å². The number of hydrogen-bond donors (Lipinski definition) is 0. The second kappa shape index (κ2) is 17.0. The molecule has 6 aromatic rings. The van der Waals surface area contributed by atoms with Crippen LogP contribution in [0.25, 0.3) is 22.8 Å². The van der Waals surface area contributed by atoms with Gasteiger partial charge in [0.2, 0.25) is 23.4 Å². The number of carbonyl (C=O) groups is 2. The summed E-state index contributed by atoms with van der Waals surface area (Å²) in [6.07, 6.45) is 4.38. The highest BCUT2D eigenvalue weighted by Crippen LogP contribution is 2.30. The number of carbonyl (C=O) groups excluding carboxylic acids is 2. The molecule has 12 heteroatoms. The van der Waals surface area contributed by atoms with Crippen LogP contribution in [0.4, 0.5) is 8.78 Å². The third kappa shape index (κ3) is 8.69. The molecule has 2 aliphatic heterocycles. The van der Waals surface area contributed by atoms with Gasteiger partial charge in [0.05, 0.1) is 11.8 Å². The largest absolute Gasteiger partial charge is 0.339 e. The highest BCUT2D eigenvalue weighted by molar-refractivity contribution is 5.96. The third-order valence-electron chi connectivity index (χ3n) is 10.2. The number of rotatable bonds is 7. The van der Waals surface area contributed by atoms with Gasteiger partial charge >= 0.3 is 0 Å². The number of hydrogen-bond acceptors (Lipinski definition) is 8. The van der Waals surface area contributed by atoms with E-state index in [1.165, 1.54) is 24.3 Å². The van der Waals surface area contributed by atoms with Gasteiger partial charge in [-0.25, -0.2) is 8.78 Å². The minimum Gasteiger partial charge on any atom is -0.339 e. The van der Waals surface area contributed by atoms with E-state index in [4.69, 9.17) is 9.05 Å². The van der Waals surface area contributed by atoms with Crippen molar-refractivity contribution in [3.63, 3.8) is 0 Å². The number of piperidine rings is 2. The van der Waals surface area contributed by atoms with Gasteiger partial charge in [0.15, 0.2) is 0 Å². The highest BCUT2D eigenvalue weighted by atomic mass is 19.1. The van der Waals surface area contributed by atoms with Gasteiger partial charge in [0.1, 0.15) is 11.6 Å². The molecular weight excluding hydrogens is 703 g/mol. The summed E-state index contributed by atoms with van der Waals surface area (Å²) in [6.45, 7) is 6.57. The summed E-state index contributed by atoms with van der Waals surface area (Å²) in [7, 11) is 0. The zero-order valence-electron chi connectivity index (χ0n) is 30.8. The van der Waals surface area contributed by atoms with Gasteiger partial charge in [-0.1, -0.05) is 53.6 Å². The fourth-order valence-corrected chi connectivity index (χ4v) is 7.15. The first-order valence-corrected chi connectivity index (χ1v) is 18.7. The first-order chi connectivity index (χ1) is 26.8. The van der Waals surface area contributed by atoms with E-state index in [9.17, 15) is 18.4 Å². The molecule has 2 saturated heterocycles. The van der Waals surface area contributed by atoms with Crippen molar-refractivity contribution in [2.45, 2.75) is 57.8 Å².